The molecule has 5 heteroatoms. The van der Waals surface area contributed by atoms with Gasteiger partial charge in [0, 0.05) is 6.04 Å². The number of hydrogen-bond acceptors (Lipinski definition) is 2. The molecule has 2 N–H and O–H groups in total. The van der Waals surface area contributed by atoms with Crippen molar-refractivity contribution in [3.8, 4) is 0 Å². The van der Waals surface area contributed by atoms with Gasteiger partial charge in [0.2, 0.25) is 5.95 Å². The summed E-state index contributed by atoms with van der Waals surface area (Å²) in [6.45, 7) is 2.33. The molecule has 1 aromatic heterocycles. The van der Waals surface area contributed by atoms with Crippen molar-refractivity contribution in [3.63, 3.8) is 0 Å². The fourth-order valence-corrected chi connectivity index (χ4v) is 3.53. The highest BCUT2D eigenvalue weighted by Crippen LogP contribution is 2.36. The topological polar surface area (TPSA) is 43.8 Å². The molecule has 0 amide bonds. The summed E-state index contributed by atoms with van der Waals surface area (Å²) in [5, 5.41) is 1.08. The van der Waals surface area contributed by atoms with Gasteiger partial charge in [-0.05, 0) is 37.3 Å². The van der Waals surface area contributed by atoms with Gasteiger partial charge in [-0.1, -0.05) is 43.0 Å². The van der Waals surface area contributed by atoms with E-state index in [1.165, 1.54) is 19.3 Å². The Morgan fingerprint density at radius 1 is 1.15 bits per heavy atom. The van der Waals surface area contributed by atoms with Crippen LogP contribution in [0.5, 0.6) is 0 Å². The lowest BCUT2D eigenvalue weighted by molar-refractivity contribution is 0.445. The maximum atomic E-state index is 6.15. The Hall–Kier alpha value is -0.930. The lowest BCUT2D eigenvalue weighted by atomic mass is 10.0. The number of nitrogens with zero attached hydrogens (tertiary/aromatic N) is 2. The number of benzene rings is 1. The number of nitrogens with two attached hydrogens (primary N) is 1. The number of hydrogen-bond donors (Lipinski definition) is 1. The molecule has 2 aromatic rings. The van der Waals surface area contributed by atoms with Gasteiger partial charge < -0.3 is 10.3 Å². The van der Waals surface area contributed by atoms with Crippen molar-refractivity contribution >= 4 is 40.2 Å². The zero-order valence-corrected chi connectivity index (χ0v) is 13.1. The van der Waals surface area contributed by atoms with Crippen LogP contribution in [-0.4, -0.2) is 9.55 Å². The third kappa shape index (κ3) is 2.49. The van der Waals surface area contributed by atoms with Gasteiger partial charge in [0.25, 0.3) is 0 Å². The van der Waals surface area contributed by atoms with Crippen molar-refractivity contribution in [2.24, 2.45) is 5.92 Å². The molecule has 1 fully saturated rings. The number of nitrogen functional groups attached to an aromatic ring is 1. The fourth-order valence-electron chi connectivity index (χ4n) is 3.22. The number of halogens is 2. The predicted molar refractivity (Wildman–Crippen MR) is 85.5 cm³/mol. The Labute approximate surface area is 129 Å². The van der Waals surface area contributed by atoms with Crippen LogP contribution in [0.2, 0.25) is 10.0 Å². The van der Waals surface area contributed by atoms with Crippen molar-refractivity contribution < 1.29 is 0 Å². The van der Waals surface area contributed by atoms with Gasteiger partial charge in [-0.3, -0.25) is 0 Å². The molecule has 0 saturated heterocycles. The Balaban J connectivity index is 2.06. The molecule has 0 aliphatic heterocycles. The number of imidazole rings is 1. The maximum Gasteiger partial charge on any atom is 0.201 e. The predicted octanol–water partition coefficient (Wildman–Crippen LogP) is 5.07. The summed E-state index contributed by atoms with van der Waals surface area (Å²) in [6.07, 6.45) is 6.09. The first-order valence-electron chi connectivity index (χ1n) is 7.18. The third-order valence-corrected chi connectivity index (χ3v) is 5.07. The fraction of sp³-hybridized carbons (Fsp3) is 0.533. The van der Waals surface area contributed by atoms with E-state index in [1.54, 1.807) is 6.07 Å². The summed E-state index contributed by atoms with van der Waals surface area (Å²) in [6, 6.07) is 4.10. The SMILES string of the molecule is CC1CCCC(n2c(N)nc3cc(Cl)c(Cl)cc32)CC1. The second kappa shape index (κ2) is 5.45. The number of rotatable bonds is 1. The molecular formula is C15H19Cl2N3. The largest absolute Gasteiger partial charge is 0.369 e. The average Bonchev–Trinajstić information content (AvgIpc) is 2.57. The van der Waals surface area contributed by atoms with Crippen molar-refractivity contribution in [2.75, 3.05) is 5.73 Å². The van der Waals surface area contributed by atoms with Crippen molar-refractivity contribution in [3.05, 3.63) is 22.2 Å². The molecule has 2 unspecified atom stereocenters. The Kier molecular flexibility index (Phi) is 3.83. The second-order valence-corrected chi connectivity index (χ2v) is 6.68. The van der Waals surface area contributed by atoms with E-state index < -0.39 is 0 Å². The molecule has 20 heavy (non-hydrogen) atoms. The molecule has 1 aliphatic carbocycles. The first kappa shape index (κ1) is 14.0. The summed E-state index contributed by atoms with van der Waals surface area (Å²) in [5.41, 5.74) is 7.96. The molecule has 3 nitrogen and oxygen atoms in total. The molecular weight excluding hydrogens is 293 g/mol. The normalized spacial score (nSPS) is 23.9. The summed E-state index contributed by atoms with van der Waals surface area (Å²) < 4.78 is 2.15. The minimum absolute atomic E-state index is 0.419. The van der Waals surface area contributed by atoms with Gasteiger partial charge >= 0.3 is 0 Å². The standard InChI is InChI=1S/C15H19Cl2N3/c1-9-3-2-4-10(6-5-9)20-14-8-12(17)11(16)7-13(14)19-15(20)18/h7-10H,2-6H2,1H3,(H2,18,19). The molecule has 3 rings (SSSR count). The van der Waals surface area contributed by atoms with Crippen LogP contribution in [0.15, 0.2) is 12.1 Å². The molecule has 2 atom stereocenters. The summed E-state index contributed by atoms with van der Waals surface area (Å²) in [4.78, 5) is 4.44. The van der Waals surface area contributed by atoms with Gasteiger partial charge in [0.05, 0.1) is 21.1 Å². The summed E-state index contributed by atoms with van der Waals surface area (Å²) in [7, 11) is 0. The second-order valence-electron chi connectivity index (χ2n) is 5.86. The highest BCUT2D eigenvalue weighted by molar-refractivity contribution is 6.42. The first-order valence-corrected chi connectivity index (χ1v) is 7.94. The van der Waals surface area contributed by atoms with Crippen LogP contribution in [-0.2, 0) is 0 Å². The van der Waals surface area contributed by atoms with E-state index in [0.717, 1.165) is 29.8 Å². The van der Waals surface area contributed by atoms with Gasteiger partial charge in [0.15, 0.2) is 0 Å². The van der Waals surface area contributed by atoms with E-state index in [9.17, 15) is 0 Å². The lowest BCUT2D eigenvalue weighted by Gasteiger charge is -2.18. The van der Waals surface area contributed by atoms with Crippen molar-refractivity contribution in [1.82, 2.24) is 9.55 Å². The van der Waals surface area contributed by atoms with E-state index in [0.29, 0.717) is 22.0 Å². The van der Waals surface area contributed by atoms with Gasteiger partial charge in [-0.25, -0.2) is 4.98 Å². The van der Waals surface area contributed by atoms with Crippen molar-refractivity contribution in [1.29, 1.82) is 0 Å². The minimum atomic E-state index is 0.419. The van der Waals surface area contributed by atoms with Crippen LogP contribution in [0.25, 0.3) is 11.0 Å². The Bertz CT molecular complexity index is 636. The number of fused-ring (bicyclic) bond motifs is 1. The summed E-state index contributed by atoms with van der Waals surface area (Å²) >= 11 is 12.2. The quantitative estimate of drug-likeness (QED) is 0.747. The smallest absolute Gasteiger partial charge is 0.201 e. The minimum Gasteiger partial charge on any atom is -0.369 e. The number of aromatic nitrogens is 2. The molecule has 1 aliphatic rings. The van der Waals surface area contributed by atoms with E-state index in [2.05, 4.69) is 16.5 Å². The molecule has 108 valence electrons. The molecule has 0 spiro atoms. The van der Waals surface area contributed by atoms with Crippen LogP contribution >= 0.6 is 23.2 Å². The van der Waals surface area contributed by atoms with Crippen molar-refractivity contribution in [2.45, 2.75) is 45.1 Å². The molecule has 0 bridgehead atoms. The van der Waals surface area contributed by atoms with E-state index >= 15 is 0 Å². The van der Waals surface area contributed by atoms with Crippen LogP contribution in [0.3, 0.4) is 0 Å². The molecule has 1 heterocycles. The Morgan fingerprint density at radius 2 is 1.90 bits per heavy atom. The van der Waals surface area contributed by atoms with Gasteiger partial charge in [-0.2, -0.15) is 0 Å². The van der Waals surface area contributed by atoms with E-state index in [4.69, 9.17) is 28.9 Å². The highest BCUT2D eigenvalue weighted by Gasteiger charge is 2.22. The number of anilines is 1. The maximum absolute atomic E-state index is 6.15. The van der Waals surface area contributed by atoms with Gasteiger partial charge in [-0.15, -0.1) is 0 Å². The summed E-state index contributed by atoms with van der Waals surface area (Å²) in [5.74, 6) is 1.37. The van der Waals surface area contributed by atoms with Crippen LogP contribution in [0.1, 0.15) is 45.1 Å². The average molecular weight is 312 g/mol. The zero-order chi connectivity index (χ0) is 14.3. The highest BCUT2D eigenvalue weighted by atomic mass is 35.5. The third-order valence-electron chi connectivity index (χ3n) is 4.35. The lowest BCUT2D eigenvalue weighted by Crippen LogP contribution is -2.11. The van der Waals surface area contributed by atoms with E-state index in [1.807, 2.05) is 6.07 Å². The van der Waals surface area contributed by atoms with E-state index in [-0.39, 0.29) is 0 Å². The molecule has 1 aromatic carbocycles. The monoisotopic (exact) mass is 311 g/mol. The van der Waals surface area contributed by atoms with Crippen LogP contribution in [0.4, 0.5) is 5.95 Å². The molecule has 1 saturated carbocycles. The first-order chi connectivity index (χ1) is 9.56. The Morgan fingerprint density at radius 3 is 2.70 bits per heavy atom. The van der Waals surface area contributed by atoms with Crippen LogP contribution in [0, 0.1) is 5.92 Å². The molecule has 0 radical (unpaired) electrons. The zero-order valence-electron chi connectivity index (χ0n) is 11.6. The van der Waals surface area contributed by atoms with Crippen LogP contribution < -0.4 is 5.73 Å². The van der Waals surface area contributed by atoms with Gasteiger partial charge in [0.1, 0.15) is 0 Å².